The monoisotopic (exact) mass is 339 g/mol. The molecule has 0 saturated carbocycles. The number of aromatic nitrogens is 2. The molecular formula is C19H21N3O3. The molecule has 1 unspecified atom stereocenters. The van der Waals surface area contributed by atoms with Crippen LogP contribution in [-0.2, 0) is 0 Å². The summed E-state index contributed by atoms with van der Waals surface area (Å²) in [6, 6.07) is 11.3. The molecule has 0 fully saturated rings. The van der Waals surface area contributed by atoms with Gasteiger partial charge in [-0.15, -0.1) is 0 Å². The number of hydrogen-bond donors (Lipinski definition) is 2. The number of nitrogens with zero attached hydrogens (tertiary/aromatic N) is 2. The highest BCUT2D eigenvalue weighted by Crippen LogP contribution is 2.24. The average molecular weight is 339 g/mol. The minimum absolute atomic E-state index is 0.0859. The second-order valence-corrected chi connectivity index (χ2v) is 6.06. The maximum absolute atomic E-state index is 12.9. The fraction of sp³-hybridized carbons (Fsp3) is 0.316. The largest absolute Gasteiger partial charge is 0.396 e. The third-order valence-corrected chi connectivity index (χ3v) is 4.15. The summed E-state index contributed by atoms with van der Waals surface area (Å²) in [5.74, 6) is -0.200. The summed E-state index contributed by atoms with van der Waals surface area (Å²) in [5, 5.41) is 16.8. The van der Waals surface area contributed by atoms with Crippen LogP contribution in [0.2, 0.25) is 0 Å². The molecule has 2 N–H and O–H groups in total. The summed E-state index contributed by atoms with van der Waals surface area (Å²) in [7, 11) is 0. The van der Waals surface area contributed by atoms with Gasteiger partial charge in [-0.1, -0.05) is 35.5 Å². The Hall–Kier alpha value is -2.73. The van der Waals surface area contributed by atoms with E-state index < -0.39 is 0 Å². The van der Waals surface area contributed by atoms with E-state index in [1.54, 1.807) is 13.0 Å². The fourth-order valence-corrected chi connectivity index (χ4v) is 2.94. The number of aliphatic hydroxyl groups excluding tert-OH is 1. The van der Waals surface area contributed by atoms with E-state index in [-0.39, 0.29) is 18.6 Å². The fourth-order valence-electron chi connectivity index (χ4n) is 2.94. The lowest BCUT2D eigenvalue weighted by atomic mass is 10.0. The van der Waals surface area contributed by atoms with E-state index >= 15 is 0 Å². The van der Waals surface area contributed by atoms with Gasteiger partial charge in [0.1, 0.15) is 0 Å². The van der Waals surface area contributed by atoms with Crippen LogP contribution in [0.4, 0.5) is 0 Å². The molecule has 2 heterocycles. The van der Waals surface area contributed by atoms with Crippen LogP contribution in [0.3, 0.4) is 0 Å². The normalized spacial score (nSPS) is 12.3. The lowest BCUT2D eigenvalue weighted by molar-refractivity contribution is 0.0933. The molecule has 0 aliphatic rings. The summed E-state index contributed by atoms with van der Waals surface area (Å²) >= 11 is 0. The number of aliphatic hydroxyl groups is 1. The van der Waals surface area contributed by atoms with Crippen molar-refractivity contribution in [1.29, 1.82) is 0 Å². The number of carbonyl (C=O) groups is 1. The van der Waals surface area contributed by atoms with Crippen molar-refractivity contribution in [2.45, 2.75) is 32.7 Å². The topological polar surface area (TPSA) is 88.2 Å². The summed E-state index contributed by atoms with van der Waals surface area (Å²) in [4.78, 5) is 17.2. The number of nitrogens with one attached hydrogen (secondary N) is 1. The molecule has 3 aromatic rings. The highest BCUT2D eigenvalue weighted by molar-refractivity contribution is 6.06. The van der Waals surface area contributed by atoms with Crippen LogP contribution >= 0.6 is 0 Å². The van der Waals surface area contributed by atoms with E-state index in [1.165, 1.54) is 0 Å². The number of amides is 1. The number of benzene rings is 1. The maximum Gasteiger partial charge on any atom is 0.258 e. The van der Waals surface area contributed by atoms with Crippen molar-refractivity contribution < 1.29 is 14.4 Å². The van der Waals surface area contributed by atoms with Gasteiger partial charge in [0.25, 0.3) is 11.6 Å². The van der Waals surface area contributed by atoms with E-state index in [9.17, 15) is 4.79 Å². The van der Waals surface area contributed by atoms with Gasteiger partial charge in [-0.3, -0.25) is 4.79 Å². The van der Waals surface area contributed by atoms with Gasteiger partial charge in [0.15, 0.2) is 0 Å². The molecule has 6 heteroatoms. The van der Waals surface area contributed by atoms with Crippen LogP contribution < -0.4 is 5.32 Å². The van der Waals surface area contributed by atoms with Crippen molar-refractivity contribution in [1.82, 2.24) is 15.5 Å². The van der Waals surface area contributed by atoms with Gasteiger partial charge in [-0.25, -0.2) is 4.98 Å². The van der Waals surface area contributed by atoms with Crippen LogP contribution in [0, 0.1) is 13.8 Å². The first-order valence-electron chi connectivity index (χ1n) is 8.30. The second-order valence-electron chi connectivity index (χ2n) is 6.06. The average Bonchev–Trinajstić information content (AvgIpc) is 2.99. The van der Waals surface area contributed by atoms with Gasteiger partial charge in [0, 0.05) is 12.3 Å². The molecule has 1 aromatic carbocycles. The Bertz CT molecular complexity index is 874. The number of fused-ring (bicyclic) bond motifs is 1. The first kappa shape index (κ1) is 17.1. The lowest BCUT2D eigenvalue weighted by Gasteiger charge is -2.19. The van der Waals surface area contributed by atoms with E-state index in [0.717, 1.165) is 5.56 Å². The SMILES string of the molecule is Cc1cc(C(=O)NC(CCCO)c2ccccc2)c2c(C)noc2n1. The molecule has 2 aromatic heterocycles. The molecule has 6 nitrogen and oxygen atoms in total. The van der Waals surface area contributed by atoms with Crippen molar-refractivity contribution >= 4 is 17.0 Å². The third-order valence-electron chi connectivity index (χ3n) is 4.15. The Kier molecular flexibility index (Phi) is 5.09. The molecule has 25 heavy (non-hydrogen) atoms. The van der Waals surface area contributed by atoms with Crippen molar-refractivity contribution in [2.75, 3.05) is 6.61 Å². The third kappa shape index (κ3) is 3.69. The van der Waals surface area contributed by atoms with Crippen LogP contribution in [0.15, 0.2) is 40.9 Å². The van der Waals surface area contributed by atoms with Crippen LogP contribution in [0.25, 0.3) is 11.1 Å². The summed E-state index contributed by atoms with van der Waals surface area (Å²) in [6.07, 6.45) is 1.26. The first-order chi connectivity index (χ1) is 12.1. The van der Waals surface area contributed by atoms with Gasteiger partial charge in [0.05, 0.1) is 22.7 Å². The molecule has 130 valence electrons. The lowest BCUT2D eigenvalue weighted by Crippen LogP contribution is -2.29. The predicted octanol–water partition coefficient (Wildman–Crippen LogP) is 3.08. The van der Waals surface area contributed by atoms with Crippen LogP contribution in [0.1, 0.15) is 46.2 Å². The number of aryl methyl sites for hydroxylation is 2. The molecule has 0 saturated heterocycles. The van der Waals surface area contributed by atoms with Gasteiger partial charge in [-0.2, -0.15) is 0 Å². The minimum atomic E-state index is -0.200. The van der Waals surface area contributed by atoms with E-state index in [0.29, 0.717) is 40.9 Å². The van der Waals surface area contributed by atoms with Gasteiger partial charge in [-0.05, 0) is 38.3 Å². The van der Waals surface area contributed by atoms with E-state index in [1.807, 2.05) is 37.3 Å². The van der Waals surface area contributed by atoms with E-state index in [2.05, 4.69) is 15.5 Å². The molecule has 3 rings (SSSR count). The Morgan fingerprint density at radius 2 is 2.04 bits per heavy atom. The number of hydrogen-bond acceptors (Lipinski definition) is 5. The van der Waals surface area contributed by atoms with Gasteiger partial charge in [0.2, 0.25) is 0 Å². The molecule has 1 atom stereocenters. The first-order valence-corrected chi connectivity index (χ1v) is 8.30. The summed E-state index contributed by atoms with van der Waals surface area (Å²) in [5.41, 5.74) is 3.22. The molecule has 0 spiro atoms. The zero-order chi connectivity index (χ0) is 17.8. The van der Waals surface area contributed by atoms with Crippen molar-refractivity contribution in [3.8, 4) is 0 Å². The Morgan fingerprint density at radius 3 is 2.76 bits per heavy atom. The predicted molar refractivity (Wildman–Crippen MR) is 94.2 cm³/mol. The maximum atomic E-state index is 12.9. The number of carbonyl (C=O) groups excluding carboxylic acids is 1. The Labute approximate surface area is 145 Å². The minimum Gasteiger partial charge on any atom is -0.396 e. The molecule has 1 amide bonds. The van der Waals surface area contributed by atoms with Gasteiger partial charge < -0.3 is 14.9 Å². The smallest absolute Gasteiger partial charge is 0.258 e. The second kappa shape index (κ2) is 7.44. The van der Waals surface area contributed by atoms with Crippen LogP contribution in [-0.4, -0.2) is 27.8 Å². The summed E-state index contributed by atoms with van der Waals surface area (Å²) in [6.45, 7) is 3.69. The highest BCUT2D eigenvalue weighted by Gasteiger charge is 2.21. The number of rotatable bonds is 6. The van der Waals surface area contributed by atoms with Crippen molar-refractivity contribution in [2.24, 2.45) is 0 Å². The quantitative estimate of drug-likeness (QED) is 0.720. The molecule has 0 bridgehead atoms. The summed E-state index contributed by atoms with van der Waals surface area (Å²) < 4.78 is 5.20. The van der Waals surface area contributed by atoms with Gasteiger partial charge >= 0.3 is 0 Å². The molecule has 0 aliphatic carbocycles. The standard InChI is InChI=1S/C19H21N3O3/c1-12-11-15(17-13(2)22-25-19(17)20-12)18(24)21-16(9-6-10-23)14-7-4-3-5-8-14/h3-5,7-8,11,16,23H,6,9-10H2,1-2H3,(H,21,24). The van der Waals surface area contributed by atoms with E-state index in [4.69, 9.17) is 9.63 Å². The zero-order valence-corrected chi connectivity index (χ0v) is 14.3. The van der Waals surface area contributed by atoms with Crippen LogP contribution in [0.5, 0.6) is 0 Å². The number of pyridine rings is 1. The van der Waals surface area contributed by atoms with Crippen molar-refractivity contribution in [3.63, 3.8) is 0 Å². The zero-order valence-electron chi connectivity index (χ0n) is 14.3. The molecular weight excluding hydrogens is 318 g/mol. The Balaban J connectivity index is 1.93. The van der Waals surface area contributed by atoms with Crippen molar-refractivity contribution in [3.05, 3.63) is 58.9 Å². The highest BCUT2D eigenvalue weighted by atomic mass is 16.5. The molecule has 0 aliphatic heterocycles. The molecule has 0 radical (unpaired) electrons. The Morgan fingerprint density at radius 1 is 1.28 bits per heavy atom.